The number of rotatable bonds is 3. The molecule has 0 N–H and O–H groups in total. The van der Waals surface area contributed by atoms with Gasteiger partial charge in [-0.1, -0.05) is 80.9 Å². The summed E-state index contributed by atoms with van der Waals surface area (Å²) < 4.78 is 5.39. The molecule has 3 atom stereocenters. The Hall–Kier alpha value is -3.70. The maximum Gasteiger partial charge on any atom is 0.180 e. The lowest BCUT2D eigenvalue weighted by molar-refractivity contribution is -0.127. The number of Topliss-reactive ketones (excluding diaryl/α,β-unsaturated/α-hetero) is 3. The standard InChI is InChI=1S/C32H28ClNO4/c1-31(2,3)30(37)27-26(18-9-13-21(38-4)14-10-18)32(28(35)22-7-5-6-8-23(22)29(32)36)25-16-11-19-17-20(33)12-15-24(19)34(25)27/h5-17,25-27H,1-4H3/t25-,26+,27-/m0/s1. The van der Waals surface area contributed by atoms with Gasteiger partial charge in [0.25, 0.3) is 0 Å². The van der Waals surface area contributed by atoms with E-state index in [-0.39, 0.29) is 17.3 Å². The molecule has 5 nitrogen and oxygen atoms in total. The molecule has 0 radical (unpaired) electrons. The fourth-order valence-electron chi connectivity index (χ4n) is 6.58. The van der Waals surface area contributed by atoms with Crippen LogP contribution in [0.3, 0.4) is 0 Å². The van der Waals surface area contributed by atoms with E-state index >= 15 is 0 Å². The van der Waals surface area contributed by atoms with Gasteiger partial charge in [-0.3, -0.25) is 14.4 Å². The van der Waals surface area contributed by atoms with Crippen LogP contribution < -0.4 is 9.64 Å². The first kappa shape index (κ1) is 24.6. The fraction of sp³-hybridized carbons (Fsp3) is 0.281. The number of hydrogen-bond donors (Lipinski definition) is 0. The number of methoxy groups -OCH3 is 1. The van der Waals surface area contributed by atoms with Gasteiger partial charge in [0.15, 0.2) is 17.3 Å². The Kier molecular flexibility index (Phi) is 5.45. The third-order valence-corrected chi connectivity index (χ3v) is 8.48. The molecule has 0 unspecified atom stereocenters. The van der Waals surface area contributed by atoms with Crippen molar-refractivity contribution in [1.82, 2.24) is 0 Å². The summed E-state index contributed by atoms with van der Waals surface area (Å²) in [5, 5.41) is 0.576. The van der Waals surface area contributed by atoms with Crippen molar-refractivity contribution in [2.24, 2.45) is 10.8 Å². The molecule has 6 heteroatoms. The van der Waals surface area contributed by atoms with Crippen molar-refractivity contribution in [1.29, 1.82) is 0 Å². The Morgan fingerprint density at radius 3 is 2.16 bits per heavy atom. The molecule has 2 heterocycles. The second kappa shape index (κ2) is 8.40. The van der Waals surface area contributed by atoms with Gasteiger partial charge in [-0.2, -0.15) is 0 Å². The molecule has 3 aliphatic rings. The quantitative estimate of drug-likeness (QED) is 0.370. The SMILES string of the molecule is COc1ccc([C@@H]2[C@@H](C(=O)C(C)(C)C)N3c4ccc(Cl)cc4C=C[C@H]3C23C(=O)c2ccccc2C3=O)cc1. The number of benzene rings is 3. The van der Waals surface area contributed by atoms with Crippen molar-refractivity contribution in [2.45, 2.75) is 38.8 Å². The van der Waals surface area contributed by atoms with Crippen LogP contribution >= 0.6 is 11.6 Å². The average molecular weight is 526 g/mol. The van der Waals surface area contributed by atoms with Crippen LogP contribution in [0, 0.1) is 10.8 Å². The zero-order chi connectivity index (χ0) is 27.0. The molecule has 38 heavy (non-hydrogen) atoms. The Morgan fingerprint density at radius 2 is 1.58 bits per heavy atom. The summed E-state index contributed by atoms with van der Waals surface area (Å²) in [7, 11) is 1.59. The van der Waals surface area contributed by atoms with Crippen molar-refractivity contribution in [3.8, 4) is 5.75 Å². The van der Waals surface area contributed by atoms with E-state index in [9.17, 15) is 14.4 Å². The zero-order valence-electron chi connectivity index (χ0n) is 21.7. The summed E-state index contributed by atoms with van der Waals surface area (Å²) in [5.74, 6) is -0.568. The number of anilines is 1. The molecule has 0 aromatic heterocycles. The van der Waals surface area contributed by atoms with Gasteiger partial charge in [0.2, 0.25) is 0 Å². The summed E-state index contributed by atoms with van der Waals surface area (Å²) in [4.78, 5) is 45.5. The maximum absolute atomic E-state index is 14.5. The van der Waals surface area contributed by atoms with Crippen LogP contribution in [0.2, 0.25) is 5.02 Å². The first-order chi connectivity index (χ1) is 18.1. The van der Waals surface area contributed by atoms with Gasteiger partial charge < -0.3 is 9.64 Å². The topological polar surface area (TPSA) is 63.7 Å². The highest BCUT2D eigenvalue weighted by molar-refractivity contribution is 6.32. The van der Waals surface area contributed by atoms with Crippen LogP contribution in [0.1, 0.15) is 58.5 Å². The number of carbonyl (C=O) groups excluding carboxylic acids is 3. The number of hydrogen-bond acceptors (Lipinski definition) is 5. The average Bonchev–Trinajstić information content (AvgIpc) is 3.33. The number of halogens is 1. The van der Waals surface area contributed by atoms with Gasteiger partial charge in [0.1, 0.15) is 11.2 Å². The molecular weight excluding hydrogens is 498 g/mol. The molecule has 192 valence electrons. The van der Waals surface area contributed by atoms with Gasteiger partial charge in [-0.25, -0.2) is 0 Å². The lowest BCUT2D eigenvalue weighted by Gasteiger charge is -2.38. The molecule has 1 spiro atoms. The van der Waals surface area contributed by atoms with Gasteiger partial charge in [0.05, 0.1) is 19.2 Å². The van der Waals surface area contributed by atoms with Crippen molar-refractivity contribution in [3.05, 3.63) is 100 Å². The first-order valence-electron chi connectivity index (χ1n) is 12.7. The summed E-state index contributed by atoms with van der Waals surface area (Å²) in [5.41, 5.74) is 0.985. The lowest BCUT2D eigenvalue weighted by atomic mass is 9.63. The Bertz CT molecular complexity index is 1500. The number of carbonyl (C=O) groups is 3. The van der Waals surface area contributed by atoms with Crippen molar-refractivity contribution in [2.75, 3.05) is 12.0 Å². The molecule has 2 aliphatic heterocycles. The van der Waals surface area contributed by atoms with Crippen LogP contribution in [0.25, 0.3) is 6.08 Å². The minimum Gasteiger partial charge on any atom is -0.497 e. The van der Waals surface area contributed by atoms with Crippen molar-refractivity contribution < 1.29 is 19.1 Å². The molecule has 0 bridgehead atoms. The minimum absolute atomic E-state index is 0.0343. The molecule has 0 saturated carbocycles. The second-order valence-electron chi connectivity index (χ2n) is 11.3. The first-order valence-corrected chi connectivity index (χ1v) is 13.1. The number of ether oxygens (including phenoxy) is 1. The number of nitrogens with zero attached hydrogens (tertiary/aromatic N) is 1. The van der Waals surface area contributed by atoms with Crippen molar-refractivity contribution in [3.63, 3.8) is 0 Å². The predicted octanol–water partition coefficient (Wildman–Crippen LogP) is 6.40. The Morgan fingerprint density at radius 1 is 0.947 bits per heavy atom. The van der Waals surface area contributed by atoms with E-state index in [2.05, 4.69) is 0 Å². The highest BCUT2D eigenvalue weighted by Crippen LogP contribution is 2.61. The minimum atomic E-state index is -1.50. The molecule has 1 aliphatic carbocycles. The van der Waals surface area contributed by atoms with Crippen LogP contribution in [0.5, 0.6) is 5.75 Å². The summed E-state index contributed by atoms with van der Waals surface area (Å²) in [6, 6.07) is 18.5. The molecule has 3 aromatic carbocycles. The van der Waals surface area contributed by atoms with E-state index in [1.165, 1.54) is 0 Å². The summed E-state index contributed by atoms with van der Waals surface area (Å²) in [6.07, 6.45) is 3.83. The lowest BCUT2D eigenvalue weighted by Crippen LogP contribution is -2.49. The van der Waals surface area contributed by atoms with E-state index in [4.69, 9.17) is 16.3 Å². The zero-order valence-corrected chi connectivity index (χ0v) is 22.5. The van der Waals surface area contributed by atoms with Crippen molar-refractivity contribution >= 4 is 40.7 Å². The highest BCUT2D eigenvalue weighted by atomic mass is 35.5. The highest BCUT2D eigenvalue weighted by Gasteiger charge is 2.71. The summed E-state index contributed by atoms with van der Waals surface area (Å²) >= 11 is 6.33. The molecule has 0 amide bonds. The van der Waals surface area contributed by atoms with Crippen LogP contribution in [-0.2, 0) is 4.79 Å². The van der Waals surface area contributed by atoms with Gasteiger partial charge in [0, 0.05) is 33.2 Å². The van der Waals surface area contributed by atoms with Crippen LogP contribution in [0.15, 0.2) is 72.8 Å². The molecule has 6 rings (SSSR count). The normalized spacial score (nSPS) is 22.9. The summed E-state index contributed by atoms with van der Waals surface area (Å²) in [6.45, 7) is 5.65. The number of ketones is 3. The molecule has 1 fully saturated rings. The fourth-order valence-corrected chi connectivity index (χ4v) is 6.76. The molecule has 3 aromatic rings. The van der Waals surface area contributed by atoms with Crippen LogP contribution in [0.4, 0.5) is 5.69 Å². The Labute approximate surface area is 227 Å². The van der Waals surface area contributed by atoms with E-state index in [1.807, 2.05) is 74.2 Å². The van der Waals surface area contributed by atoms with Gasteiger partial charge >= 0.3 is 0 Å². The number of fused-ring (bicyclic) bond motifs is 5. The van der Waals surface area contributed by atoms with Crippen LogP contribution in [-0.4, -0.2) is 36.5 Å². The third kappa shape index (κ3) is 3.21. The smallest absolute Gasteiger partial charge is 0.180 e. The van der Waals surface area contributed by atoms with E-state index < -0.39 is 28.8 Å². The molecule has 1 saturated heterocycles. The largest absolute Gasteiger partial charge is 0.497 e. The predicted molar refractivity (Wildman–Crippen MR) is 148 cm³/mol. The van der Waals surface area contributed by atoms with E-state index in [1.54, 1.807) is 37.4 Å². The molecular formula is C32H28ClNO4. The maximum atomic E-state index is 14.5. The second-order valence-corrected chi connectivity index (χ2v) is 11.7. The van der Waals surface area contributed by atoms with Gasteiger partial charge in [-0.05, 0) is 41.5 Å². The van der Waals surface area contributed by atoms with E-state index in [0.717, 1.165) is 16.8 Å². The van der Waals surface area contributed by atoms with E-state index in [0.29, 0.717) is 21.9 Å². The Balaban J connectivity index is 1.69. The monoisotopic (exact) mass is 525 g/mol. The third-order valence-electron chi connectivity index (χ3n) is 8.25. The van der Waals surface area contributed by atoms with Gasteiger partial charge in [-0.15, -0.1) is 0 Å².